The first-order valence-corrected chi connectivity index (χ1v) is 42.3. The number of nitrogens with zero attached hydrogens (tertiary/aromatic N) is 10. The fourth-order valence-electron chi connectivity index (χ4n) is 20.8. The van der Waals surface area contributed by atoms with Crippen molar-refractivity contribution in [3.63, 3.8) is 0 Å². The Bertz CT molecular complexity index is 8390. The van der Waals surface area contributed by atoms with Crippen LogP contribution < -0.4 is 0 Å². The molecule has 0 saturated carbocycles. The van der Waals surface area contributed by atoms with Crippen LogP contribution in [0.1, 0.15) is 33.4 Å². The van der Waals surface area contributed by atoms with Crippen LogP contribution >= 0.6 is 0 Å². The van der Waals surface area contributed by atoms with Crippen LogP contribution in [0.3, 0.4) is 0 Å². The highest BCUT2D eigenvalue weighted by Gasteiger charge is 2.32. The normalized spacial score (nSPS) is 12.5. The minimum atomic E-state index is 0.739. The molecule has 9 heterocycles. The number of para-hydroxylation sites is 9. The third-order valence-corrected chi connectivity index (χ3v) is 26.1. The highest BCUT2D eigenvalue weighted by atomic mass is 15.1. The monoisotopic (exact) mass is 1570 g/mol. The van der Waals surface area contributed by atoms with Crippen molar-refractivity contribution in [3.05, 3.63) is 434 Å². The third-order valence-electron chi connectivity index (χ3n) is 26.1. The molecule has 16 aromatic carbocycles. The molecule has 9 aromatic heterocycles. The van der Waals surface area contributed by atoms with Gasteiger partial charge >= 0.3 is 0 Å². The molecule has 25 aromatic rings. The highest BCUT2D eigenvalue weighted by molar-refractivity contribution is 6.27. The summed E-state index contributed by atoms with van der Waals surface area (Å²) in [4.78, 5) is 21.1. The topological polar surface area (TPSA) is 81.1 Å². The van der Waals surface area contributed by atoms with E-state index in [4.69, 9.17) is 19.9 Å². The largest absolute Gasteiger partial charge is 0.307 e. The Morgan fingerprint density at radius 3 is 0.992 bits per heavy atom. The Kier molecular flexibility index (Phi) is 15.2. The van der Waals surface area contributed by atoms with E-state index >= 15 is 0 Å². The van der Waals surface area contributed by atoms with Gasteiger partial charge in [0.1, 0.15) is 17.5 Å². The molecule has 3 aliphatic rings. The Morgan fingerprint density at radius 2 is 0.537 bits per heavy atom. The van der Waals surface area contributed by atoms with Gasteiger partial charge in [0.05, 0.1) is 77.6 Å². The fraction of sp³-hybridized carbons (Fsp3) is 0.0265. The van der Waals surface area contributed by atoms with Crippen LogP contribution in [-0.2, 0) is 19.3 Å². The van der Waals surface area contributed by atoms with Crippen molar-refractivity contribution in [2.24, 2.45) is 0 Å². The van der Waals surface area contributed by atoms with Crippen LogP contribution in [0, 0.1) is 0 Å². The van der Waals surface area contributed by atoms with Gasteiger partial charge in [-0.25, -0.2) is 19.9 Å². The van der Waals surface area contributed by atoms with Crippen LogP contribution in [0.5, 0.6) is 0 Å². The molecule has 123 heavy (non-hydrogen) atoms. The van der Waals surface area contributed by atoms with Crippen molar-refractivity contribution in [1.29, 1.82) is 0 Å². The van der Waals surface area contributed by atoms with Crippen LogP contribution in [0.2, 0.25) is 0 Å². The summed E-state index contributed by atoms with van der Waals surface area (Å²) >= 11 is 0. The molecule has 0 saturated heterocycles. The standard InChI is InChI=1S/C41H26N4.2C36H23N3/c1-3-13-26(14-4-1)40-42-37-29-18-8-7-15-27(29)25-34(37)41(43-40)45-36-22-12-10-20-31(36)33-24-23-32-30-19-9-11-21-35(30)44(38(32)39(33)45)28-16-5-2-6-17-28;1-2-11-25(12-3-1)38-31-16-8-6-14-27(31)29-19-20-30-28-15-7-9-17-32(28)39(36(30)35(29)38)33-21-18-24-22-23-10-4-5-13-26(23)34(24)37-33;1-2-11-25(12-3-1)38-32-16-8-6-14-27(32)29-18-19-30-28-15-7-9-17-33(28)39(36(30)35(29)38)34-21-31-24(22-37-34)20-23-10-4-5-13-26(23)31/h1-24H,25H2;1-21H,22H2;1-19,21-22H,20H2. The smallest absolute Gasteiger partial charge is 0.162 e. The summed E-state index contributed by atoms with van der Waals surface area (Å²) < 4.78 is 14.5. The van der Waals surface area contributed by atoms with Gasteiger partial charge in [-0.05, 0) is 124 Å². The van der Waals surface area contributed by atoms with E-state index in [1.54, 1.807) is 0 Å². The number of pyridine rings is 2. The molecule has 0 unspecified atom stereocenters. The van der Waals surface area contributed by atoms with Crippen molar-refractivity contribution >= 4 is 131 Å². The summed E-state index contributed by atoms with van der Waals surface area (Å²) in [6.07, 6.45) is 4.76. The van der Waals surface area contributed by atoms with Crippen molar-refractivity contribution in [3.8, 4) is 79.5 Å². The van der Waals surface area contributed by atoms with Gasteiger partial charge in [0, 0.05) is 129 Å². The van der Waals surface area contributed by atoms with Crippen molar-refractivity contribution < 1.29 is 0 Å². The molecule has 0 atom stereocenters. The van der Waals surface area contributed by atoms with E-state index in [9.17, 15) is 0 Å². The van der Waals surface area contributed by atoms with Gasteiger partial charge in [0.15, 0.2) is 5.82 Å². The second kappa shape index (κ2) is 27.1. The van der Waals surface area contributed by atoms with Crippen LogP contribution in [0.15, 0.2) is 401 Å². The first-order valence-electron chi connectivity index (χ1n) is 42.3. The van der Waals surface area contributed by atoms with E-state index in [0.717, 1.165) is 93.2 Å². The summed E-state index contributed by atoms with van der Waals surface area (Å²) in [6, 6.07) is 141. The summed E-state index contributed by atoms with van der Waals surface area (Å²) in [7, 11) is 0. The minimum absolute atomic E-state index is 0.739. The quantitative estimate of drug-likeness (QED) is 0.159. The second-order valence-corrected chi connectivity index (χ2v) is 32.6. The zero-order valence-corrected chi connectivity index (χ0v) is 66.7. The van der Waals surface area contributed by atoms with Gasteiger partial charge in [-0.1, -0.05) is 309 Å². The number of hydrogen-bond donors (Lipinski definition) is 0. The minimum Gasteiger partial charge on any atom is -0.307 e. The first-order chi connectivity index (χ1) is 61.1. The Hall–Kier alpha value is -16.3. The third kappa shape index (κ3) is 10.3. The molecule has 0 amide bonds. The molecule has 0 N–H and O–H groups in total. The molecule has 574 valence electrons. The van der Waals surface area contributed by atoms with E-state index in [1.807, 2.05) is 6.07 Å². The summed E-state index contributed by atoms with van der Waals surface area (Å²) in [5.74, 6) is 3.59. The zero-order valence-electron chi connectivity index (χ0n) is 66.7. The Morgan fingerprint density at radius 1 is 0.203 bits per heavy atom. The highest BCUT2D eigenvalue weighted by Crippen LogP contribution is 2.49. The van der Waals surface area contributed by atoms with Crippen LogP contribution in [-0.4, -0.2) is 47.3 Å². The van der Waals surface area contributed by atoms with Gasteiger partial charge < -0.3 is 13.7 Å². The predicted octanol–water partition coefficient (Wildman–Crippen LogP) is 27.6. The molecule has 10 nitrogen and oxygen atoms in total. The molecule has 3 aliphatic carbocycles. The Labute approximate surface area is 706 Å². The second-order valence-electron chi connectivity index (χ2n) is 32.6. The first kappa shape index (κ1) is 68.7. The lowest BCUT2D eigenvalue weighted by molar-refractivity contribution is 1.01. The lowest BCUT2D eigenvalue weighted by atomic mass is 10.1. The van der Waals surface area contributed by atoms with Crippen LogP contribution in [0.4, 0.5) is 0 Å². The number of rotatable bonds is 7. The number of benzene rings is 16. The zero-order chi connectivity index (χ0) is 80.5. The van der Waals surface area contributed by atoms with Crippen molar-refractivity contribution in [2.45, 2.75) is 19.3 Å². The molecule has 0 bridgehead atoms. The predicted molar refractivity (Wildman–Crippen MR) is 507 cm³/mol. The van der Waals surface area contributed by atoms with E-state index in [2.05, 4.69) is 422 Å². The maximum Gasteiger partial charge on any atom is 0.162 e. The van der Waals surface area contributed by atoms with E-state index in [1.165, 1.54) is 170 Å². The molecule has 28 rings (SSSR count). The molecular weight excluding hydrogens is 1500 g/mol. The van der Waals surface area contributed by atoms with Gasteiger partial charge in [-0.15, -0.1) is 0 Å². The lowest BCUT2D eigenvalue weighted by Gasteiger charge is -2.16. The lowest BCUT2D eigenvalue weighted by Crippen LogP contribution is -2.07. The van der Waals surface area contributed by atoms with E-state index in [-0.39, 0.29) is 0 Å². The molecular formula is C113H72N10. The molecule has 0 fully saturated rings. The number of fused-ring (bicyclic) bond motifs is 30. The van der Waals surface area contributed by atoms with Crippen molar-refractivity contribution in [2.75, 3.05) is 0 Å². The molecule has 0 spiro atoms. The molecule has 0 aliphatic heterocycles. The van der Waals surface area contributed by atoms with Crippen LogP contribution in [0.25, 0.3) is 210 Å². The SMILES string of the molecule is c1ccc(-c2nc3c(c(-n4c5ccccc5c5ccc6c7ccccc7n(-c7ccccc7)c6c54)n2)Cc2ccccc2-3)cc1.c1ccc(-n2c3ccccc3c3ccc4c5ccccc5n(-c5cc6c(cn5)Cc5ccccc5-6)c4c32)cc1.c1ccc(-n2c3ccccc3c3ccc4c5ccccc5n(-c5ccc6c(n5)-c5ccccc5C6)c4c32)cc1. The van der Waals surface area contributed by atoms with Crippen molar-refractivity contribution in [1.82, 2.24) is 47.3 Å². The fourth-order valence-corrected chi connectivity index (χ4v) is 20.8. The Balaban J connectivity index is 0.0000000993. The van der Waals surface area contributed by atoms with Gasteiger partial charge in [-0.3, -0.25) is 13.7 Å². The summed E-state index contributed by atoms with van der Waals surface area (Å²) in [5, 5.41) is 14.8. The number of aromatic nitrogens is 10. The van der Waals surface area contributed by atoms with E-state index < -0.39 is 0 Å². The molecule has 0 radical (unpaired) electrons. The maximum absolute atomic E-state index is 5.45. The maximum atomic E-state index is 5.45. The van der Waals surface area contributed by atoms with Gasteiger partial charge in [-0.2, -0.15) is 0 Å². The van der Waals surface area contributed by atoms with E-state index in [0.29, 0.717) is 0 Å². The summed E-state index contributed by atoms with van der Waals surface area (Å²) in [5.41, 5.74) is 33.6. The summed E-state index contributed by atoms with van der Waals surface area (Å²) in [6.45, 7) is 0. The molecule has 10 heteroatoms. The van der Waals surface area contributed by atoms with Gasteiger partial charge in [0.25, 0.3) is 0 Å². The average molecular weight is 1570 g/mol. The number of hydrogen-bond acceptors (Lipinski definition) is 4. The van der Waals surface area contributed by atoms with Gasteiger partial charge in [0.2, 0.25) is 0 Å². The average Bonchev–Trinajstić information content (AvgIpc) is 1.54.